The molecule has 74 valence electrons. The molecule has 0 saturated heterocycles. The van der Waals surface area contributed by atoms with Crippen LogP contribution in [-0.4, -0.2) is 19.7 Å². The standard InChI is InChI=1S/C10H9N5/c1-2-9-13-7-14-15(9)10-4-3-8(5-11)6-12-10/h3-4,6-7H,2H2,1H3. The average molecular weight is 199 g/mol. The largest absolute Gasteiger partial charge is 0.236 e. The summed E-state index contributed by atoms with van der Waals surface area (Å²) in [6.07, 6.45) is 3.82. The molecule has 0 spiro atoms. The predicted octanol–water partition coefficient (Wildman–Crippen LogP) is 1.10. The van der Waals surface area contributed by atoms with Crippen molar-refractivity contribution in [2.45, 2.75) is 13.3 Å². The van der Waals surface area contributed by atoms with Gasteiger partial charge in [0.1, 0.15) is 18.2 Å². The summed E-state index contributed by atoms with van der Waals surface area (Å²) >= 11 is 0. The van der Waals surface area contributed by atoms with E-state index in [0.717, 1.165) is 12.2 Å². The highest BCUT2D eigenvalue weighted by Crippen LogP contribution is 2.06. The second-order valence-corrected chi connectivity index (χ2v) is 2.96. The Labute approximate surface area is 87.0 Å². The van der Waals surface area contributed by atoms with Crippen LogP contribution < -0.4 is 0 Å². The van der Waals surface area contributed by atoms with Crippen molar-refractivity contribution in [2.75, 3.05) is 0 Å². The number of rotatable bonds is 2. The second-order valence-electron chi connectivity index (χ2n) is 2.96. The first-order chi connectivity index (χ1) is 7.35. The summed E-state index contributed by atoms with van der Waals surface area (Å²) in [5, 5.41) is 12.7. The highest BCUT2D eigenvalue weighted by Gasteiger charge is 2.04. The van der Waals surface area contributed by atoms with Crippen molar-refractivity contribution in [3.63, 3.8) is 0 Å². The maximum absolute atomic E-state index is 8.64. The van der Waals surface area contributed by atoms with Gasteiger partial charge in [-0.05, 0) is 12.1 Å². The Balaban J connectivity index is 2.42. The minimum Gasteiger partial charge on any atom is -0.236 e. The molecule has 2 rings (SSSR count). The summed E-state index contributed by atoms with van der Waals surface area (Å²) in [6.45, 7) is 2.00. The van der Waals surface area contributed by atoms with E-state index in [-0.39, 0.29) is 0 Å². The van der Waals surface area contributed by atoms with Crippen LogP contribution in [0.1, 0.15) is 18.3 Å². The third-order valence-corrected chi connectivity index (χ3v) is 2.03. The van der Waals surface area contributed by atoms with Crippen LogP contribution in [0, 0.1) is 11.3 Å². The zero-order valence-electron chi connectivity index (χ0n) is 8.25. The summed E-state index contributed by atoms with van der Waals surface area (Å²) in [7, 11) is 0. The van der Waals surface area contributed by atoms with Gasteiger partial charge in [0.05, 0.1) is 5.56 Å². The Kier molecular flexibility index (Phi) is 2.42. The Hall–Kier alpha value is -2.22. The number of pyridine rings is 1. The van der Waals surface area contributed by atoms with Gasteiger partial charge >= 0.3 is 0 Å². The molecule has 0 unspecified atom stereocenters. The fraction of sp³-hybridized carbons (Fsp3) is 0.200. The van der Waals surface area contributed by atoms with Gasteiger partial charge in [0.15, 0.2) is 5.82 Å². The maximum Gasteiger partial charge on any atom is 0.155 e. The molecule has 2 heterocycles. The lowest BCUT2D eigenvalue weighted by Crippen LogP contribution is -2.04. The molecule has 0 aromatic carbocycles. The van der Waals surface area contributed by atoms with E-state index >= 15 is 0 Å². The molecule has 0 aliphatic heterocycles. The smallest absolute Gasteiger partial charge is 0.155 e. The monoisotopic (exact) mass is 199 g/mol. The van der Waals surface area contributed by atoms with Crippen LogP contribution in [0.5, 0.6) is 0 Å². The number of aromatic nitrogens is 4. The zero-order valence-corrected chi connectivity index (χ0v) is 8.25. The molecular weight excluding hydrogens is 190 g/mol. The van der Waals surface area contributed by atoms with Gasteiger partial charge in [-0.1, -0.05) is 6.92 Å². The summed E-state index contributed by atoms with van der Waals surface area (Å²) in [6, 6.07) is 5.49. The highest BCUT2D eigenvalue weighted by molar-refractivity contribution is 5.31. The minimum absolute atomic E-state index is 0.539. The molecule has 0 aliphatic rings. The highest BCUT2D eigenvalue weighted by atomic mass is 15.4. The fourth-order valence-corrected chi connectivity index (χ4v) is 1.28. The zero-order chi connectivity index (χ0) is 10.7. The Morgan fingerprint density at radius 2 is 2.27 bits per heavy atom. The third-order valence-electron chi connectivity index (χ3n) is 2.03. The van der Waals surface area contributed by atoms with Crippen LogP contribution in [0.2, 0.25) is 0 Å². The summed E-state index contributed by atoms with van der Waals surface area (Å²) in [5.41, 5.74) is 0.539. The van der Waals surface area contributed by atoms with E-state index in [4.69, 9.17) is 5.26 Å². The normalized spacial score (nSPS) is 9.87. The lowest BCUT2D eigenvalue weighted by atomic mass is 10.3. The maximum atomic E-state index is 8.64. The predicted molar refractivity (Wildman–Crippen MR) is 53.2 cm³/mol. The van der Waals surface area contributed by atoms with E-state index in [1.165, 1.54) is 12.5 Å². The van der Waals surface area contributed by atoms with Crippen LogP contribution in [0.3, 0.4) is 0 Å². The number of hydrogen-bond donors (Lipinski definition) is 0. The molecule has 0 atom stereocenters. The van der Waals surface area contributed by atoms with E-state index in [1.807, 2.05) is 13.0 Å². The van der Waals surface area contributed by atoms with Gasteiger partial charge in [-0.25, -0.2) is 9.97 Å². The summed E-state index contributed by atoms with van der Waals surface area (Å²) < 4.78 is 1.67. The Morgan fingerprint density at radius 1 is 1.40 bits per heavy atom. The first-order valence-corrected chi connectivity index (χ1v) is 4.60. The van der Waals surface area contributed by atoms with Gasteiger partial charge in [0.2, 0.25) is 0 Å². The minimum atomic E-state index is 0.539. The molecule has 2 aromatic rings. The van der Waals surface area contributed by atoms with Crippen molar-refractivity contribution in [3.8, 4) is 11.9 Å². The molecule has 0 amide bonds. The number of aryl methyl sites for hydroxylation is 1. The summed E-state index contributed by atoms with van der Waals surface area (Å²) in [5.74, 6) is 1.54. The van der Waals surface area contributed by atoms with Gasteiger partial charge in [0, 0.05) is 12.6 Å². The first kappa shape index (κ1) is 9.34. The van der Waals surface area contributed by atoms with E-state index in [0.29, 0.717) is 11.4 Å². The van der Waals surface area contributed by atoms with E-state index < -0.39 is 0 Å². The van der Waals surface area contributed by atoms with Gasteiger partial charge < -0.3 is 0 Å². The van der Waals surface area contributed by atoms with Crippen molar-refractivity contribution in [3.05, 3.63) is 36.0 Å². The molecule has 15 heavy (non-hydrogen) atoms. The topological polar surface area (TPSA) is 67.4 Å². The summed E-state index contributed by atoms with van der Waals surface area (Å²) in [4.78, 5) is 8.24. The van der Waals surface area contributed by atoms with E-state index in [9.17, 15) is 0 Å². The van der Waals surface area contributed by atoms with E-state index in [1.54, 1.807) is 16.8 Å². The van der Waals surface area contributed by atoms with Crippen LogP contribution in [-0.2, 0) is 6.42 Å². The average Bonchev–Trinajstić information content (AvgIpc) is 2.77. The van der Waals surface area contributed by atoms with Gasteiger partial charge in [0.25, 0.3) is 0 Å². The first-order valence-electron chi connectivity index (χ1n) is 4.60. The van der Waals surface area contributed by atoms with Crippen LogP contribution in [0.25, 0.3) is 5.82 Å². The Morgan fingerprint density at radius 3 is 2.87 bits per heavy atom. The molecule has 0 bridgehead atoms. The fourth-order valence-electron chi connectivity index (χ4n) is 1.28. The molecule has 0 fully saturated rings. The Bertz CT molecular complexity index is 491. The number of nitrogens with zero attached hydrogens (tertiary/aromatic N) is 5. The van der Waals surface area contributed by atoms with Crippen molar-refractivity contribution in [2.24, 2.45) is 0 Å². The third kappa shape index (κ3) is 1.70. The van der Waals surface area contributed by atoms with Crippen molar-refractivity contribution >= 4 is 0 Å². The number of hydrogen-bond acceptors (Lipinski definition) is 4. The van der Waals surface area contributed by atoms with Crippen LogP contribution in [0.15, 0.2) is 24.7 Å². The SMILES string of the molecule is CCc1ncnn1-c1ccc(C#N)cn1. The molecule has 5 heteroatoms. The molecular formula is C10H9N5. The number of nitriles is 1. The lowest BCUT2D eigenvalue weighted by molar-refractivity contribution is 0.778. The molecule has 0 N–H and O–H groups in total. The van der Waals surface area contributed by atoms with Gasteiger partial charge in [-0.3, -0.25) is 0 Å². The quantitative estimate of drug-likeness (QED) is 0.726. The molecule has 0 radical (unpaired) electrons. The lowest BCUT2D eigenvalue weighted by Gasteiger charge is -2.02. The van der Waals surface area contributed by atoms with Gasteiger partial charge in [-0.2, -0.15) is 15.0 Å². The second kappa shape index (κ2) is 3.88. The molecule has 0 saturated carbocycles. The molecule has 2 aromatic heterocycles. The van der Waals surface area contributed by atoms with Crippen LogP contribution in [0.4, 0.5) is 0 Å². The molecule has 0 aliphatic carbocycles. The van der Waals surface area contributed by atoms with Crippen molar-refractivity contribution < 1.29 is 0 Å². The van der Waals surface area contributed by atoms with Crippen LogP contribution >= 0.6 is 0 Å². The van der Waals surface area contributed by atoms with E-state index in [2.05, 4.69) is 15.1 Å². The van der Waals surface area contributed by atoms with Gasteiger partial charge in [-0.15, -0.1) is 0 Å². The van der Waals surface area contributed by atoms with Crippen molar-refractivity contribution in [1.29, 1.82) is 5.26 Å². The molecule has 5 nitrogen and oxygen atoms in total. The van der Waals surface area contributed by atoms with Crippen molar-refractivity contribution in [1.82, 2.24) is 19.7 Å².